The molecule has 0 spiro atoms. The third kappa shape index (κ3) is 4.53. The van der Waals surface area contributed by atoms with Crippen LogP contribution in [0.25, 0.3) is 11.0 Å². The molecule has 1 unspecified atom stereocenters. The first kappa shape index (κ1) is 22.7. The van der Waals surface area contributed by atoms with Gasteiger partial charge < -0.3 is 15.5 Å². The van der Waals surface area contributed by atoms with Crippen LogP contribution >= 0.6 is 0 Å². The van der Waals surface area contributed by atoms with Crippen LogP contribution in [0.2, 0.25) is 0 Å². The highest BCUT2D eigenvalue weighted by Gasteiger charge is 2.44. The van der Waals surface area contributed by atoms with Crippen LogP contribution in [0.3, 0.4) is 0 Å². The number of alkyl halides is 6. The number of nitrogens with two attached hydrogens (primary N) is 1. The van der Waals surface area contributed by atoms with Crippen molar-refractivity contribution in [2.75, 3.05) is 0 Å². The lowest BCUT2D eigenvalue weighted by molar-refractivity contribution is -0.156. The van der Waals surface area contributed by atoms with Gasteiger partial charge >= 0.3 is 12.4 Å². The second kappa shape index (κ2) is 7.82. The standard InChI is InChI=1S/C22H16F6N2O3/c23-21(24,25)13-3-1-2-11(8-13)18(22(26,27)28)30-20(32)17-16(10-4-5-10)14-7-6-12(19(29)31)9-15(14)33-17/h1-3,6-10,18H,4-5H2,(H2,29,31)(H,30,32). The number of nitrogens with one attached hydrogen (secondary N) is 1. The van der Waals surface area contributed by atoms with Crippen molar-refractivity contribution < 1.29 is 40.3 Å². The molecule has 0 radical (unpaired) electrons. The summed E-state index contributed by atoms with van der Waals surface area (Å²) < 4.78 is 85.7. The molecule has 0 saturated heterocycles. The number of furan rings is 1. The van der Waals surface area contributed by atoms with Crippen LogP contribution in [-0.2, 0) is 6.18 Å². The van der Waals surface area contributed by atoms with E-state index >= 15 is 0 Å². The molecule has 11 heteroatoms. The van der Waals surface area contributed by atoms with Gasteiger partial charge in [-0.2, -0.15) is 26.3 Å². The lowest BCUT2D eigenvalue weighted by Crippen LogP contribution is -2.38. The first-order chi connectivity index (χ1) is 15.4. The highest BCUT2D eigenvalue weighted by Crippen LogP contribution is 2.46. The Hall–Kier alpha value is -3.50. The van der Waals surface area contributed by atoms with E-state index in [0.29, 0.717) is 35.9 Å². The number of carbonyl (C=O) groups is 2. The van der Waals surface area contributed by atoms with Crippen molar-refractivity contribution in [2.45, 2.75) is 37.2 Å². The van der Waals surface area contributed by atoms with Gasteiger partial charge in [0.1, 0.15) is 5.58 Å². The number of hydrogen-bond acceptors (Lipinski definition) is 3. The molecule has 1 fully saturated rings. The maximum atomic E-state index is 13.7. The molecule has 174 valence electrons. The largest absolute Gasteiger partial charge is 0.451 e. The van der Waals surface area contributed by atoms with Crippen LogP contribution in [0.1, 0.15) is 62.4 Å². The van der Waals surface area contributed by atoms with Crippen molar-refractivity contribution >= 4 is 22.8 Å². The van der Waals surface area contributed by atoms with Gasteiger partial charge in [0.15, 0.2) is 11.8 Å². The number of rotatable bonds is 5. The van der Waals surface area contributed by atoms with Crippen molar-refractivity contribution in [3.8, 4) is 0 Å². The van der Waals surface area contributed by atoms with Crippen molar-refractivity contribution in [3.63, 3.8) is 0 Å². The molecule has 2 amide bonds. The predicted molar refractivity (Wildman–Crippen MR) is 104 cm³/mol. The Balaban J connectivity index is 1.74. The molecular weight excluding hydrogens is 454 g/mol. The molecule has 0 bridgehead atoms. The average molecular weight is 470 g/mol. The Labute approximate surface area is 182 Å². The van der Waals surface area contributed by atoms with E-state index in [9.17, 15) is 35.9 Å². The first-order valence-corrected chi connectivity index (χ1v) is 9.77. The minimum absolute atomic E-state index is 0.0858. The second-order valence-electron chi connectivity index (χ2n) is 7.77. The number of primary amides is 1. The Morgan fingerprint density at radius 3 is 2.30 bits per heavy atom. The van der Waals surface area contributed by atoms with Gasteiger partial charge in [0.05, 0.1) is 5.56 Å². The monoisotopic (exact) mass is 470 g/mol. The summed E-state index contributed by atoms with van der Waals surface area (Å²) in [6.45, 7) is 0. The van der Waals surface area contributed by atoms with Gasteiger partial charge in [-0.15, -0.1) is 0 Å². The van der Waals surface area contributed by atoms with Crippen molar-refractivity contribution in [1.82, 2.24) is 5.32 Å². The number of fused-ring (bicyclic) bond motifs is 1. The zero-order valence-corrected chi connectivity index (χ0v) is 16.7. The molecule has 1 aromatic heterocycles. The second-order valence-corrected chi connectivity index (χ2v) is 7.77. The molecule has 1 aliphatic rings. The van der Waals surface area contributed by atoms with E-state index in [2.05, 4.69) is 0 Å². The Morgan fingerprint density at radius 2 is 1.73 bits per heavy atom. The summed E-state index contributed by atoms with van der Waals surface area (Å²) in [6, 6.07) is 4.17. The van der Waals surface area contributed by atoms with E-state index < -0.39 is 41.3 Å². The molecular formula is C22H16F6N2O3. The van der Waals surface area contributed by atoms with Crippen molar-refractivity contribution in [1.29, 1.82) is 0 Å². The molecule has 3 N–H and O–H groups in total. The molecule has 3 aromatic rings. The average Bonchev–Trinajstić information content (AvgIpc) is 3.49. The number of amides is 2. The summed E-state index contributed by atoms with van der Waals surface area (Å²) in [5.41, 5.74) is 3.77. The maximum absolute atomic E-state index is 13.7. The molecule has 1 heterocycles. The summed E-state index contributed by atoms with van der Waals surface area (Å²) in [5, 5.41) is 2.23. The van der Waals surface area contributed by atoms with Crippen molar-refractivity contribution in [2.24, 2.45) is 5.73 Å². The highest BCUT2D eigenvalue weighted by atomic mass is 19.4. The van der Waals surface area contributed by atoms with Crippen molar-refractivity contribution in [3.05, 3.63) is 70.5 Å². The Kier molecular flexibility index (Phi) is 5.38. The van der Waals surface area contributed by atoms with Gasteiger partial charge in [-0.3, -0.25) is 9.59 Å². The molecule has 1 atom stereocenters. The Bertz CT molecular complexity index is 1240. The number of halogens is 6. The molecule has 1 aliphatic carbocycles. The molecule has 33 heavy (non-hydrogen) atoms. The highest BCUT2D eigenvalue weighted by molar-refractivity contribution is 6.02. The van der Waals surface area contributed by atoms with Crippen LogP contribution in [0.5, 0.6) is 0 Å². The zero-order valence-electron chi connectivity index (χ0n) is 16.7. The lowest BCUT2D eigenvalue weighted by atomic mass is 10.0. The van der Waals surface area contributed by atoms with E-state index in [0.717, 1.165) is 12.1 Å². The van der Waals surface area contributed by atoms with Gasteiger partial charge in [-0.25, -0.2) is 0 Å². The zero-order chi connectivity index (χ0) is 24.1. The topological polar surface area (TPSA) is 85.3 Å². The predicted octanol–water partition coefficient (Wildman–Crippen LogP) is 5.46. The molecule has 4 rings (SSSR count). The third-order valence-electron chi connectivity index (χ3n) is 5.35. The van der Waals surface area contributed by atoms with Crippen LogP contribution in [0.15, 0.2) is 46.9 Å². The van der Waals surface area contributed by atoms with E-state index in [1.165, 1.54) is 18.2 Å². The quantitative estimate of drug-likeness (QED) is 0.486. The van der Waals surface area contributed by atoms with Crippen LogP contribution in [0.4, 0.5) is 26.3 Å². The minimum atomic E-state index is -5.08. The van der Waals surface area contributed by atoms with E-state index in [1.807, 2.05) is 0 Å². The number of benzene rings is 2. The first-order valence-electron chi connectivity index (χ1n) is 9.77. The van der Waals surface area contributed by atoms with Crippen LogP contribution < -0.4 is 11.1 Å². The number of hydrogen-bond donors (Lipinski definition) is 2. The fourth-order valence-corrected chi connectivity index (χ4v) is 3.66. The molecule has 0 aliphatic heterocycles. The summed E-state index contributed by atoms with van der Waals surface area (Å²) in [6.07, 6.45) is -8.57. The van der Waals surface area contributed by atoms with E-state index in [1.54, 1.807) is 5.32 Å². The van der Waals surface area contributed by atoms with Gasteiger partial charge in [0.25, 0.3) is 5.91 Å². The fraction of sp³-hybridized carbons (Fsp3) is 0.273. The van der Waals surface area contributed by atoms with Gasteiger partial charge in [-0.05, 0) is 48.6 Å². The molecule has 1 saturated carbocycles. The Morgan fingerprint density at radius 1 is 1.03 bits per heavy atom. The fourth-order valence-electron chi connectivity index (χ4n) is 3.66. The summed E-state index contributed by atoms with van der Waals surface area (Å²) in [7, 11) is 0. The maximum Gasteiger partial charge on any atom is 0.416 e. The van der Waals surface area contributed by atoms with Crippen LogP contribution in [-0.4, -0.2) is 18.0 Å². The van der Waals surface area contributed by atoms with Gasteiger partial charge in [0, 0.05) is 16.5 Å². The lowest BCUT2D eigenvalue weighted by Gasteiger charge is -2.22. The SMILES string of the molecule is NC(=O)c1ccc2c(C3CC3)c(C(=O)NC(c3cccc(C(F)(F)F)c3)C(F)(F)F)oc2c1. The normalized spacial score (nSPS) is 15.5. The number of carbonyl (C=O) groups excluding carboxylic acids is 2. The molecule has 2 aromatic carbocycles. The summed E-state index contributed by atoms with van der Waals surface area (Å²) in [4.78, 5) is 24.3. The van der Waals surface area contributed by atoms with Crippen LogP contribution in [0, 0.1) is 0 Å². The van der Waals surface area contributed by atoms with E-state index in [-0.39, 0.29) is 22.8 Å². The summed E-state index contributed by atoms with van der Waals surface area (Å²) >= 11 is 0. The molecule has 5 nitrogen and oxygen atoms in total. The minimum Gasteiger partial charge on any atom is -0.451 e. The van der Waals surface area contributed by atoms with Gasteiger partial charge in [0.2, 0.25) is 5.91 Å². The van der Waals surface area contributed by atoms with Gasteiger partial charge in [-0.1, -0.05) is 18.2 Å². The third-order valence-corrected chi connectivity index (χ3v) is 5.35. The van der Waals surface area contributed by atoms with E-state index in [4.69, 9.17) is 10.2 Å². The smallest absolute Gasteiger partial charge is 0.416 e. The summed E-state index contributed by atoms with van der Waals surface area (Å²) in [5.74, 6) is -2.48.